The highest BCUT2D eigenvalue weighted by Gasteiger charge is 2.29. The van der Waals surface area contributed by atoms with E-state index in [9.17, 15) is 14.4 Å². The standard InChI is InChI=1S/C23H28N2O4/c1-14(2)20(25-22(27)18-11-9-15(3)10-12-18)23(28)29-17(5)21(26)24-19-8-6-7-16(4)13-19/h6-14,17,20H,1-5H3,(H,24,26)(H,25,27)/t17?,20-/m0/s1. The maximum atomic E-state index is 12.6. The van der Waals surface area contributed by atoms with Gasteiger partial charge in [0, 0.05) is 11.3 Å². The van der Waals surface area contributed by atoms with E-state index in [0.29, 0.717) is 11.3 Å². The predicted octanol–water partition coefficient (Wildman–Crippen LogP) is 3.63. The number of carbonyl (C=O) groups excluding carboxylic acids is 3. The number of hydrogen-bond donors (Lipinski definition) is 2. The van der Waals surface area contributed by atoms with Gasteiger partial charge >= 0.3 is 5.97 Å². The number of ether oxygens (including phenoxy) is 1. The summed E-state index contributed by atoms with van der Waals surface area (Å²) in [5.74, 6) is -1.65. The maximum Gasteiger partial charge on any atom is 0.329 e. The van der Waals surface area contributed by atoms with Crippen LogP contribution in [0.1, 0.15) is 42.3 Å². The average molecular weight is 396 g/mol. The monoisotopic (exact) mass is 396 g/mol. The molecule has 0 aliphatic carbocycles. The third kappa shape index (κ3) is 6.45. The molecule has 6 heteroatoms. The molecule has 2 aromatic carbocycles. The second-order valence-corrected chi connectivity index (χ2v) is 7.50. The Kier molecular flexibility index (Phi) is 7.53. The number of esters is 1. The number of hydrogen-bond acceptors (Lipinski definition) is 4. The summed E-state index contributed by atoms with van der Waals surface area (Å²) in [5, 5.41) is 5.43. The van der Waals surface area contributed by atoms with E-state index in [0.717, 1.165) is 11.1 Å². The Morgan fingerprint density at radius 2 is 1.55 bits per heavy atom. The lowest BCUT2D eigenvalue weighted by Gasteiger charge is -2.23. The van der Waals surface area contributed by atoms with E-state index in [1.807, 2.05) is 44.2 Å². The van der Waals surface area contributed by atoms with Crippen LogP contribution >= 0.6 is 0 Å². The highest BCUT2D eigenvalue weighted by Crippen LogP contribution is 2.12. The Hall–Kier alpha value is -3.15. The van der Waals surface area contributed by atoms with Gasteiger partial charge in [-0.25, -0.2) is 4.79 Å². The van der Waals surface area contributed by atoms with Crippen LogP contribution in [-0.4, -0.2) is 29.9 Å². The first-order valence-corrected chi connectivity index (χ1v) is 9.63. The van der Waals surface area contributed by atoms with Gasteiger partial charge in [-0.3, -0.25) is 9.59 Å². The van der Waals surface area contributed by atoms with Crippen LogP contribution in [-0.2, 0) is 14.3 Å². The minimum atomic E-state index is -1.000. The first-order chi connectivity index (χ1) is 13.7. The van der Waals surface area contributed by atoms with E-state index in [2.05, 4.69) is 10.6 Å². The number of rotatable bonds is 7. The zero-order chi connectivity index (χ0) is 21.6. The molecular weight excluding hydrogens is 368 g/mol. The number of carbonyl (C=O) groups is 3. The van der Waals surface area contributed by atoms with E-state index in [1.165, 1.54) is 6.92 Å². The second-order valence-electron chi connectivity index (χ2n) is 7.50. The number of benzene rings is 2. The van der Waals surface area contributed by atoms with E-state index < -0.39 is 24.0 Å². The van der Waals surface area contributed by atoms with Gasteiger partial charge in [-0.05, 0) is 56.5 Å². The SMILES string of the molecule is Cc1ccc(C(=O)N[C@H](C(=O)OC(C)C(=O)Nc2cccc(C)c2)C(C)C)cc1. The molecule has 0 saturated carbocycles. The van der Waals surface area contributed by atoms with Crippen molar-refractivity contribution in [3.05, 3.63) is 65.2 Å². The molecule has 2 rings (SSSR count). The Balaban J connectivity index is 1.99. The van der Waals surface area contributed by atoms with Crippen LogP contribution in [0.5, 0.6) is 0 Å². The summed E-state index contributed by atoms with van der Waals surface area (Å²) in [6, 6.07) is 13.5. The predicted molar refractivity (Wildman–Crippen MR) is 113 cm³/mol. The molecule has 0 bridgehead atoms. The van der Waals surface area contributed by atoms with Gasteiger partial charge in [-0.2, -0.15) is 0 Å². The van der Waals surface area contributed by atoms with Gasteiger partial charge in [0.25, 0.3) is 11.8 Å². The van der Waals surface area contributed by atoms with Crippen molar-refractivity contribution < 1.29 is 19.1 Å². The third-order valence-corrected chi connectivity index (χ3v) is 4.47. The van der Waals surface area contributed by atoms with Gasteiger partial charge in [-0.1, -0.05) is 43.7 Å². The molecule has 2 atom stereocenters. The molecule has 2 amide bonds. The first kappa shape index (κ1) is 22.1. The van der Waals surface area contributed by atoms with Crippen molar-refractivity contribution in [2.24, 2.45) is 5.92 Å². The molecule has 2 aromatic rings. The molecule has 0 aliphatic rings. The van der Waals surface area contributed by atoms with Crippen LogP contribution in [0.3, 0.4) is 0 Å². The first-order valence-electron chi connectivity index (χ1n) is 9.63. The smallest absolute Gasteiger partial charge is 0.329 e. The fourth-order valence-electron chi connectivity index (χ4n) is 2.70. The maximum absolute atomic E-state index is 12.6. The van der Waals surface area contributed by atoms with Gasteiger partial charge in [0.2, 0.25) is 0 Å². The number of anilines is 1. The summed E-state index contributed by atoms with van der Waals surface area (Å²) in [6.45, 7) is 8.96. The molecule has 29 heavy (non-hydrogen) atoms. The lowest BCUT2D eigenvalue weighted by Crippen LogP contribution is -2.47. The topological polar surface area (TPSA) is 84.5 Å². The van der Waals surface area contributed by atoms with E-state index in [4.69, 9.17) is 4.74 Å². The van der Waals surface area contributed by atoms with Gasteiger partial charge in [0.05, 0.1) is 0 Å². The molecule has 0 radical (unpaired) electrons. The van der Waals surface area contributed by atoms with Crippen molar-refractivity contribution in [2.75, 3.05) is 5.32 Å². The van der Waals surface area contributed by atoms with Crippen LogP contribution < -0.4 is 10.6 Å². The molecular formula is C23H28N2O4. The highest BCUT2D eigenvalue weighted by atomic mass is 16.5. The summed E-state index contributed by atoms with van der Waals surface area (Å²) in [7, 11) is 0. The molecule has 2 N–H and O–H groups in total. The molecule has 0 fully saturated rings. The van der Waals surface area contributed by atoms with E-state index in [-0.39, 0.29) is 11.8 Å². The van der Waals surface area contributed by atoms with Gasteiger partial charge < -0.3 is 15.4 Å². The van der Waals surface area contributed by atoms with Crippen molar-refractivity contribution in [2.45, 2.75) is 46.8 Å². The molecule has 0 saturated heterocycles. The zero-order valence-electron chi connectivity index (χ0n) is 17.5. The summed E-state index contributed by atoms with van der Waals surface area (Å²) < 4.78 is 5.33. The second kappa shape index (κ2) is 9.87. The van der Waals surface area contributed by atoms with Gasteiger partial charge in [-0.15, -0.1) is 0 Å². The average Bonchev–Trinajstić information content (AvgIpc) is 2.66. The van der Waals surface area contributed by atoms with Gasteiger partial charge in [0.1, 0.15) is 6.04 Å². The molecule has 154 valence electrons. The molecule has 1 unspecified atom stereocenters. The molecule has 6 nitrogen and oxygen atoms in total. The minimum Gasteiger partial charge on any atom is -0.451 e. The highest BCUT2D eigenvalue weighted by molar-refractivity contribution is 5.98. The van der Waals surface area contributed by atoms with E-state index in [1.54, 1.807) is 32.0 Å². The zero-order valence-corrected chi connectivity index (χ0v) is 17.5. The van der Waals surface area contributed by atoms with Crippen molar-refractivity contribution in [1.29, 1.82) is 0 Å². The van der Waals surface area contributed by atoms with Crippen molar-refractivity contribution in [3.8, 4) is 0 Å². The van der Waals surface area contributed by atoms with Crippen LogP contribution in [0.2, 0.25) is 0 Å². The lowest BCUT2D eigenvalue weighted by molar-refractivity contribution is -0.156. The Morgan fingerprint density at radius 1 is 0.897 bits per heavy atom. The fraction of sp³-hybridized carbons (Fsp3) is 0.348. The Bertz CT molecular complexity index is 875. The lowest BCUT2D eigenvalue weighted by atomic mass is 10.0. The normalized spacial score (nSPS) is 12.8. The molecule has 0 heterocycles. The number of amides is 2. The fourth-order valence-corrected chi connectivity index (χ4v) is 2.70. The van der Waals surface area contributed by atoms with Crippen LogP contribution in [0, 0.1) is 19.8 Å². The molecule has 0 spiro atoms. The minimum absolute atomic E-state index is 0.205. The summed E-state index contributed by atoms with van der Waals surface area (Å²) in [6.07, 6.45) is -1.000. The van der Waals surface area contributed by atoms with Crippen LogP contribution in [0.15, 0.2) is 48.5 Å². The largest absolute Gasteiger partial charge is 0.451 e. The van der Waals surface area contributed by atoms with Crippen LogP contribution in [0.4, 0.5) is 5.69 Å². The summed E-state index contributed by atoms with van der Waals surface area (Å²) in [5.41, 5.74) is 3.13. The molecule has 0 aliphatic heterocycles. The van der Waals surface area contributed by atoms with Crippen LogP contribution in [0.25, 0.3) is 0 Å². The van der Waals surface area contributed by atoms with Crippen molar-refractivity contribution in [3.63, 3.8) is 0 Å². The summed E-state index contributed by atoms with van der Waals surface area (Å²) in [4.78, 5) is 37.4. The van der Waals surface area contributed by atoms with Gasteiger partial charge in [0.15, 0.2) is 6.10 Å². The molecule has 0 aromatic heterocycles. The number of nitrogens with one attached hydrogen (secondary N) is 2. The Morgan fingerprint density at radius 3 is 2.14 bits per heavy atom. The quantitative estimate of drug-likeness (QED) is 0.700. The number of aryl methyl sites for hydroxylation is 2. The van der Waals surface area contributed by atoms with Crippen molar-refractivity contribution in [1.82, 2.24) is 5.32 Å². The van der Waals surface area contributed by atoms with E-state index >= 15 is 0 Å². The third-order valence-electron chi connectivity index (χ3n) is 4.47. The Labute approximate surface area is 171 Å². The van der Waals surface area contributed by atoms with Crippen molar-refractivity contribution >= 4 is 23.5 Å². The summed E-state index contributed by atoms with van der Waals surface area (Å²) >= 11 is 0.